The van der Waals surface area contributed by atoms with Crippen molar-refractivity contribution in [1.82, 2.24) is 9.97 Å². The fraction of sp³-hybridized carbons (Fsp3) is 0. The first-order valence-electron chi connectivity index (χ1n) is 1.43. The average Bonchev–Trinajstić information content (AvgIpc) is 1.76. The maximum atomic E-state index is 3.67. The topological polar surface area (TPSA) is 91.7 Å². The predicted molar refractivity (Wildman–Crippen MR) is 33.8 cm³/mol. The summed E-state index contributed by atoms with van der Waals surface area (Å²) in [5.41, 5.74) is 0. The smallest absolute Gasteiger partial charge is 1.00 e. The summed E-state index contributed by atoms with van der Waals surface area (Å²) in [7, 11) is 0. The normalized spacial score (nSPS) is 5.00. The minimum Gasteiger partial charge on any atom is -1.00 e. The van der Waals surface area contributed by atoms with Crippen LogP contribution >= 0.6 is 0 Å². The van der Waals surface area contributed by atoms with E-state index in [0.29, 0.717) is 0 Å². The zero-order chi connectivity index (χ0) is 3.54. The van der Waals surface area contributed by atoms with E-state index in [1.165, 1.54) is 0 Å². The molecule has 1 rings (SSSR count). The molecule has 0 saturated carbocycles. The molecule has 4 nitrogen and oxygen atoms in total. The Bertz CT molecular complexity index is 79.0. The zero-order valence-corrected chi connectivity index (χ0v) is 5.80. The maximum absolute atomic E-state index is 3.67. The van der Waals surface area contributed by atoms with Gasteiger partial charge in [0.05, 0.1) is 6.33 Å². The molecule has 5 N–H and O–H groups in total. The van der Waals surface area contributed by atoms with Crippen molar-refractivity contribution in [1.29, 1.82) is 0 Å². The van der Waals surface area contributed by atoms with Gasteiger partial charge in [-0.1, -0.05) is 0 Å². The first-order valence-corrected chi connectivity index (χ1v) is 1.43. The molecule has 0 saturated heterocycles. The second kappa shape index (κ2) is 10.0. The van der Waals surface area contributed by atoms with E-state index in [9.17, 15) is 0 Å². The van der Waals surface area contributed by atoms with Crippen LogP contribution in [-0.4, -0.2) is 44.0 Å². The molecule has 1 aromatic heterocycles. The molecule has 0 fully saturated rings. The first kappa shape index (κ1) is 15.7. The zero-order valence-electron chi connectivity index (χ0n) is 6.39. The molecule has 46 valence electrons. The van der Waals surface area contributed by atoms with Crippen molar-refractivity contribution in [3.8, 4) is 0 Å². The molecule has 1 aromatic rings. The standard InChI is InChI=1S/C3H4N2.Mg.2H2O.2H/c1-2-5-3-4-1;;;;;/h1-3H,(H,4,5);;2*1H2;;/q;+2;;;2*-1. The van der Waals surface area contributed by atoms with Crippen LogP contribution in [0.15, 0.2) is 18.7 Å². The Morgan fingerprint density at radius 1 is 1.38 bits per heavy atom. The molecular weight excluding hydrogens is 120 g/mol. The number of rotatable bonds is 0. The molecule has 8 heavy (non-hydrogen) atoms. The molecule has 0 amide bonds. The van der Waals surface area contributed by atoms with Gasteiger partial charge in [-0.25, -0.2) is 4.98 Å². The molecule has 5 heteroatoms. The summed E-state index contributed by atoms with van der Waals surface area (Å²) in [6.07, 6.45) is 5.08. The molecule has 0 aliphatic heterocycles. The number of hydrogen-bond acceptors (Lipinski definition) is 1. The average molecular weight is 130 g/mol. The second-order valence-electron chi connectivity index (χ2n) is 0.761. The first-order chi connectivity index (χ1) is 2.50. The van der Waals surface area contributed by atoms with E-state index in [4.69, 9.17) is 0 Å². The van der Waals surface area contributed by atoms with Crippen molar-refractivity contribution >= 4 is 23.1 Å². The fourth-order valence-corrected chi connectivity index (χ4v) is 0.215. The Hall–Kier alpha value is -0.104. The summed E-state index contributed by atoms with van der Waals surface area (Å²) in [6, 6.07) is 0. The van der Waals surface area contributed by atoms with E-state index >= 15 is 0 Å². The van der Waals surface area contributed by atoms with Crippen LogP contribution in [0.3, 0.4) is 0 Å². The third kappa shape index (κ3) is 5.90. The van der Waals surface area contributed by atoms with E-state index < -0.39 is 0 Å². The number of nitrogens with zero attached hydrogens (tertiary/aromatic N) is 1. The molecule has 0 aromatic carbocycles. The van der Waals surface area contributed by atoms with Gasteiger partial charge in [0.25, 0.3) is 0 Å². The van der Waals surface area contributed by atoms with E-state index in [-0.39, 0.29) is 36.9 Å². The van der Waals surface area contributed by atoms with Gasteiger partial charge in [-0.2, -0.15) is 0 Å². The van der Waals surface area contributed by atoms with Gasteiger partial charge >= 0.3 is 23.1 Å². The SMILES string of the molecule is O.O.[H-].[H-].[Mg+2].c1c[nH]cn1. The number of aromatic amines is 1. The summed E-state index contributed by atoms with van der Waals surface area (Å²) >= 11 is 0. The summed E-state index contributed by atoms with van der Waals surface area (Å²) in [5, 5.41) is 0. The second-order valence-corrected chi connectivity index (χ2v) is 0.761. The van der Waals surface area contributed by atoms with Crippen LogP contribution in [0.1, 0.15) is 2.85 Å². The van der Waals surface area contributed by atoms with Crippen LogP contribution in [0, 0.1) is 0 Å². The maximum Gasteiger partial charge on any atom is 2.00 e. The molecular formula is C3H10MgN2O2. The Balaban J connectivity index is -0.0000000167. The van der Waals surface area contributed by atoms with Crippen molar-refractivity contribution < 1.29 is 13.8 Å². The summed E-state index contributed by atoms with van der Waals surface area (Å²) in [6.45, 7) is 0. The molecule has 0 atom stereocenters. The summed E-state index contributed by atoms with van der Waals surface area (Å²) < 4.78 is 0. The predicted octanol–water partition coefficient (Wildman–Crippen LogP) is -1.40. The molecule has 0 bridgehead atoms. The Labute approximate surface area is 66.1 Å². The Kier molecular flexibility index (Phi) is 19.6. The van der Waals surface area contributed by atoms with E-state index in [2.05, 4.69) is 9.97 Å². The fourth-order valence-electron chi connectivity index (χ4n) is 0.215. The van der Waals surface area contributed by atoms with Crippen LogP contribution in [0.2, 0.25) is 0 Å². The van der Waals surface area contributed by atoms with Crippen molar-refractivity contribution in [2.75, 3.05) is 0 Å². The minimum absolute atomic E-state index is 0. The van der Waals surface area contributed by atoms with E-state index in [0.717, 1.165) is 0 Å². The van der Waals surface area contributed by atoms with Crippen LogP contribution in [0.5, 0.6) is 0 Å². The summed E-state index contributed by atoms with van der Waals surface area (Å²) in [4.78, 5) is 6.42. The number of imidazole rings is 1. The Morgan fingerprint density at radius 3 is 2.12 bits per heavy atom. The third-order valence-corrected chi connectivity index (χ3v) is 0.406. The van der Waals surface area contributed by atoms with Gasteiger partial charge in [0.2, 0.25) is 0 Å². The largest absolute Gasteiger partial charge is 2.00 e. The van der Waals surface area contributed by atoms with Gasteiger partial charge in [-0.15, -0.1) is 0 Å². The van der Waals surface area contributed by atoms with Crippen molar-refractivity contribution in [2.24, 2.45) is 0 Å². The molecule has 0 aliphatic carbocycles. The van der Waals surface area contributed by atoms with Crippen molar-refractivity contribution in [3.63, 3.8) is 0 Å². The molecule has 1 heterocycles. The van der Waals surface area contributed by atoms with Crippen LogP contribution in [0.25, 0.3) is 0 Å². The quantitative estimate of drug-likeness (QED) is 0.430. The van der Waals surface area contributed by atoms with Crippen molar-refractivity contribution in [3.05, 3.63) is 18.7 Å². The molecule has 0 spiro atoms. The number of nitrogens with one attached hydrogen (secondary N) is 1. The van der Waals surface area contributed by atoms with Gasteiger partial charge in [0.1, 0.15) is 0 Å². The monoisotopic (exact) mass is 130 g/mol. The minimum atomic E-state index is 0. The molecule has 0 aliphatic rings. The van der Waals surface area contributed by atoms with Gasteiger partial charge in [0.15, 0.2) is 0 Å². The third-order valence-electron chi connectivity index (χ3n) is 0.406. The van der Waals surface area contributed by atoms with Gasteiger partial charge < -0.3 is 18.8 Å². The van der Waals surface area contributed by atoms with Gasteiger partial charge in [-0.3, -0.25) is 0 Å². The van der Waals surface area contributed by atoms with Crippen LogP contribution < -0.4 is 0 Å². The van der Waals surface area contributed by atoms with E-state index in [1.54, 1.807) is 18.7 Å². The summed E-state index contributed by atoms with van der Waals surface area (Å²) in [5.74, 6) is 0. The number of hydrogen-bond donors (Lipinski definition) is 1. The number of H-pyrrole nitrogens is 1. The molecule has 0 unspecified atom stereocenters. The van der Waals surface area contributed by atoms with Crippen molar-refractivity contribution in [2.45, 2.75) is 0 Å². The van der Waals surface area contributed by atoms with Crippen LogP contribution in [-0.2, 0) is 0 Å². The van der Waals surface area contributed by atoms with E-state index in [1.807, 2.05) is 0 Å². The van der Waals surface area contributed by atoms with Gasteiger partial charge in [-0.05, 0) is 0 Å². The van der Waals surface area contributed by atoms with Crippen LogP contribution in [0.4, 0.5) is 0 Å². The number of aromatic nitrogens is 2. The molecule has 0 radical (unpaired) electrons. The Morgan fingerprint density at radius 2 is 2.00 bits per heavy atom. The van der Waals surface area contributed by atoms with Gasteiger partial charge in [0, 0.05) is 12.4 Å².